The number of hydrogen-bond acceptors (Lipinski definition) is 9. The molecule has 0 aromatic heterocycles. The lowest BCUT2D eigenvalue weighted by atomic mass is 9.85. The van der Waals surface area contributed by atoms with Crippen LogP contribution in [0.2, 0.25) is 0 Å². The van der Waals surface area contributed by atoms with Gasteiger partial charge in [0.2, 0.25) is 5.90 Å². The number of methoxy groups -OCH3 is 1. The van der Waals surface area contributed by atoms with Crippen LogP contribution in [-0.2, 0) is 25.8 Å². The monoisotopic (exact) mass is 671 g/mol. The van der Waals surface area contributed by atoms with Gasteiger partial charge >= 0.3 is 0 Å². The van der Waals surface area contributed by atoms with Crippen LogP contribution in [0.15, 0.2) is 113 Å². The minimum absolute atomic E-state index is 0.0271. The van der Waals surface area contributed by atoms with Crippen LogP contribution in [0.5, 0.6) is 11.5 Å². The van der Waals surface area contributed by atoms with Crippen LogP contribution >= 0.6 is 0 Å². The van der Waals surface area contributed by atoms with Gasteiger partial charge in [0.25, 0.3) is 5.91 Å². The molecule has 252 valence electrons. The molecular formula is C37H41N3O7S. The molecule has 5 rings (SSSR count). The fraction of sp³-hybridized carbons (Fsp3) is 0.297. The number of aliphatic hydroxyl groups is 1. The van der Waals surface area contributed by atoms with Crippen molar-refractivity contribution in [3.63, 3.8) is 0 Å². The van der Waals surface area contributed by atoms with Crippen molar-refractivity contribution in [2.75, 3.05) is 32.6 Å². The van der Waals surface area contributed by atoms with E-state index in [4.69, 9.17) is 24.3 Å². The molecule has 11 heteroatoms. The molecule has 0 saturated carbocycles. The van der Waals surface area contributed by atoms with Gasteiger partial charge in [-0.15, -0.1) is 0 Å². The number of hydrogen-bond donors (Lipinski definition) is 3. The summed E-state index contributed by atoms with van der Waals surface area (Å²) in [5, 5.41) is 9.07. The number of carbonyl (C=O) groups is 1. The molecule has 1 amide bonds. The second kappa shape index (κ2) is 15.9. The summed E-state index contributed by atoms with van der Waals surface area (Å²) in [6.45, 7) is 2.85. The van der Waals surface area contributed by atoms with Crippen LogP contribution in [0.3, 0.4) is 0 Å². The smallest absolute Gasteiger partial charge is 0.266 e. The molecule has 0 unspecified atom stereocenters. The van der Waals surface area contributed by atoms with Crippen molar-refractivity contribution in [3.8, 4) is 11.5 Å². The van der Waals surface area contributed by atoms with Gasteiger partial charge in [0.05, 0.1) is 24.4 Å². The lowest BCUT2D eigenvalue weighted by molar-refractivity contribution is -0.130. The summed E-state index contributed by atoms with van der Waals surface area (Å²) in [5.74, 6) is 0.465. The molecule has 4 aromatic carbocycles. The maximum absolute atomic E-state index is 14.4. The van der Waals surface area contributed by atoms with Crippen LogP contribution in [0, 0.1) is 6.92 Å². The Kier molecular flexibility index (Phi) is 11.5. The standard InChI is InChI=1S/C37H41N3O7S/c1-27-12-14-28(15-13-27)20-22-38-40-36(42)37(21-25-48(43,44)33-10-4-3-5-11-33)34(30-8-6-9-32(26-30)45-2)47-35(39-37)29-16-18-31(19-17-29)46-24-7-23-41/h3-6,8-19,26,34,38,41H,7,20-25H2,1-2H3,(H,40,42)/t34-,37-/m0/s1. The number of aliphatic hydroxyl groups excluding tert-OH is 1. The van der Waals surface area contributed by atoms with Gasteiger partial charge in [0.15, 0.2) is 21.5 Å². The van der Waals surface area contributed by atoms with E-state index in [2.05, 4.69) is 10.9 Å². The van der Waals surface area contributed by atoms with Gasteiger partial charge in [-0.1, -0.05) is 60.2 Å². The predicted octanol–water partition coefficient (Wildman–Crippen LogP) is 4.75. The van der Waals surface area contributed by atoms with Gasteiger partial charge in [-0.3, -0.25) is 10.2 Å². The van der Waals surface area contributed by atoms with E-state index in [9.17, 15) is 13.2 Å². The molecule has 48 heavy (non-hydrogen) atoms. The third-order valence-corrected chi connectivity index (χ3v) is 9.87. The van der Waals surface area contributed by atoms with E-state index < -0.39 is 27.4 Å². The number of hydrazine groups is 1. The van der Waals surface area contributed by atoms with Crippen LogP contribution in [0.25, 0.3) is 0 Å². The van der Waals surface area contributed by atoms with E-state index in [0.717, 1.165) is 11.1 Å². The third kappa shape index (κ3) is 8.41. The van der Waals surface area contributed by atoms with Crippen molar-refractivity contribution < 1.29 is 32.5 Å². The van der Waals surface area contributed by atoms with Gasteiger partial charge in [0, 0.05) is 31.6 Å². The first-order valence-corrected chi connectivity index (χ1v) is 17.5. The minimum atomic E-state index is -3.79. The second-order valence-corrected chi connectivity index (χ2v) is 13.7. The summed E-state index contributed by atoms with van der Waals surface area (Å²) in [6.07, 6.45) is 0.0201. The predicted molar refractivity (Wildman–Crippen MR) is 184 cm³/mol. The average molecular weight is 672 g/mol. The minimum Gasteiger partial charge on any atom is -0.497 e. The van der Waals surface area contributed by atoms with Gasteiger partial charge in [-0.25, -0.2) is 18.8 Å². The molecule has 0 aliphatic carbocycles. The third-order valence-electron chi connectivity index (χ3n) is 8.14. The summed E-state index contributed by atoms with van der Waals surface area (Å²) < 4.78 is 44.8. The van der Waals surface area contributed by atoms with Crippen molar-refractivity contribution in [2.45, 2.75) is 42.7 Å². The average Bonchev–Trinajstić information content (AvgIpc) is 3.52. The Morgan fingerprint density at radius 2 is 1.71 bits per heavy atom. The number of nitrogens with one attached hydrogen (secondary N) is 2. The van der Waals surface area contributed by atoms with Gasteiger partial charge in [-0.05, 0) is 73.0 Å². The highest BCUT2D eigenvalue weighted by Gasteiger charge is 2.53. The van der Waals surface area contributed by atoms with Gasteiger partial charge < -0.3 is 19.3 Å². The molecule has 0 bridgehead atoms. The van der Waals surface area contributed by atoms with E-state index in [-0.39, 0.29) is 29.6 Å². The van der Waals surface area contributed by atoms with E-state index in [1.807, 2.05) is 37.3 Å². The first kappa shape index (κ1) is 34.6. The number of aryl methyl sites for hydroxylation is 1. The summed E-state index contributed by atoms with van der Waals surface area (Å²) >= 11 is 0. The molecule has 4 aromatic rings. The number of sulfone groups is 1. The number of ether oxygens (including phenoxy) is 3. The molecule has 2 atom stereocenters. The van der Waals surface area contributed by atoms with Crippen molar-refractivity contribution in [3.05, 3.63) is 125 Å². The van der Waals surface area contributed by atoms with E-state index in [1.165, 1.54) is 12.1 Å². The van der Waals surface area contributed by atoms with E-state index in [1.54, 1.807) is 67.8 Å². The Hall–Kier alpha value is -4.71. The summed E-state index contributed by atoms with van der Waals surface area (Å²) in [4.78, 5) is 19.4. The highest BCUT2D eigenvalue weighted by Crippen LogP contribution is 2.43. The van der Waals surface area contributed by atoms with E-state index >= 15 is 0 Å². The Labute approximate surface area is 281 Å². The molecule has 1 heterocycles. The molecule has 0 radical (unpaired) electrons. The lowest BCUT2D eigenvalue weighted by Gasteiger charge is -2.30. The fourth-order valence-corrected chi connectivity index (χ4v) is 6.81. The highest BCUT2D eigenvalue weighted by molar-refractivity contribution is 7.91. The number of rotatable bonds is 16. The molecule has 1 aliphatic heterocycles. The summed E-state index contributed by atoms with van der Waals surface area (Å²) in [6, 6.07) is 30.5. The molecule has 0 spiro atoms. The topological polar surface area (TPSA) is 136 Å². The molecule has 0 saturated heterocycles. The number of benzene rings is 4. The highest BCUT2D eigenvalue weighted by atomic mass is 32.2. The fourth-order valence-electron chi connectivity index (χ4n) is 5.42. The van der Waals surface area contributed by atoms with Crippen LogP contribution in [-0.4, -0.2) is 63.5 Å². The Morgan fingerprint density at radius 1 is 0.958 bits per heavy atom. The normalized spacial score (nSPS) is 17.3. The summed E-state index contributed by atoms with van der Waals surface area (Å²) in [5.41, 5.74) is 7.63. The van der Waals surface area contributed by atoms with Crippen molar-refractivity contribution in [1.29, 1.82) is 0 Å². The quantitative estimate of drug-likeness (QED) is 0.115. The Morgan fingerprint density at radius 3 is 2.42 bits per heavy atom. The maximum Gasteiger partial charge on any atom is 0.266 e. The number of amides is 1. The zero-order valence-corrected chi connectivity index (χ0v) is 27.9. The number of aliphatic imine (C=N–C) groups is 1. The molecule has 1 aliphatic rings. The summed E-state index contributed by atoms with van der Waals surface area (Å²) in [7, 11) is -2.24. The second-order valence-electron chi connectivity index (χ2n) is 11.6. The number of nitrogens with zero attached hydrogens (tertiary/aromatic N) is 1. The van der Waals surface area contributed by atoms with E-state index in [0.29, 0.717) is 48.6 Å². The van der Waals surface area contributed by atoms with Crippen LogP contribution < -0.4 is 20.3 Å². The SMILES string of the molecule is COc1cccc([C@@H]2OC(c3ccc(OCCCO)cc3)=N[C@]2(CCS(=O)(=O)c2ccccc2)C(=O)NNCCc2ccc(C)cc2)c1. The van der Waals surface area contributed by atoms with Crippen LogP contribution in [0.4, 0.5) is 0 Å². The van der Waals surface area contributed by atoms with Crippen molar-refractivity contribution >= 4 is 21.6 Å². The lowest BCUT2D eigenvalue weighted by Crippen LogP contribution is -2.53. The maximum atomic E-state index is 14.4. The van der Waals surface area contributed by atoms with Crippen LogP contribution in [0.1, 0.15) is 41.2 Å². The van der Waals surface area contributed by atoms with Gasteiger partial charge in [-0.2, -0.15) is 0 Å². The zero-order chi connectivity index (χ0) is 34.0. The first-order chi connectivity index (χ1) is 23.2. The van der Waals surface area contributed by atoms with Crippen molar-refractivity contribution in [1.82, 2.24) is 10.9 Å². The Bertz CT molecular complexity index is 1800. The first-order valence-electron chi connectivity index (χ1n) is 15.9. The molecular weight excluding hydrogens is 630 g/mol. The van der Waals surface area contributed by atoms with Crippen molar-refractivity contribution in [2.24, 2.45) is 4.99 Å². The number of carbonyl (C=O) groups excluding carboxylic acids is 1. The Balaban J connectivity index is 1.49. The largest absolute Gasteiger partial charge is 0.497 e. The van der Waals surface area contributed by atoms with Gasteiger partial charge in [0.1, 0.15) is 11.5 Å². The zero-order valence-electron chi connectivity index (χ0n) is 27.1. The molecule has 3 N–H and O–H groups in total. The molecule has 10 nitrogen and oxygen atoms in total. The molecule has 0 fully saturated rings.